The van der Waals surface area contributed by atoms with E-state index in [9.17, 15) is 34.5 Å². The number of nitrogens with two attached hydrogens (primary N) is 1. The van der Waals surface area contributed by atoms with Crippen molar-refractivity contribution in [1.82, 2.24) is 16.0 Å². The molecule has 216 valence electrons. The molecular weight excluding hydrogens is 532 g/mol. The SMILES string of the molecule is NC(Cc1ccc(O)cc1)C(=O)NC(Cc1ccc(O)cc1)C(=O)NC(Cc1ccc(O)cc1)C(=O)NCC(=O)O. The van der Waals surface area contributed by atoms with Crippen LogP contribution in [0.2, 0.25) is 0 Å². The Morgan fingerprint density at radius 3 is 1.37 bits per heavy atom. The first-order valence-electron chi connectivity index (χ1n) is 12.7. The number of phenols is 3. The molecule has 0 heterocycles. The zero-order valence-corrected chi connectivity index (χ0v) is 22.0. The number of phenolic OH excluding ortho intramolecular Hbond substituents is 3. The van der Waals surface area contributed by atoms with Gasteiger partial charge in [-0.3, -0.25) is 19.2 Å². The highest BCUT2D eigenvalue weighted by molar-refractivity contribution is 5.94. The zero-order chi connectivity index (χ0) is 29.9. The van der Waals surface area contributed by atoms with E-state index in [1.54, 1.807) is 36.4 Å². The van der Waals surface area contributed by atoms with E-state index in [1.807, 2.05) is 0 Å². The molecule has 12 heteroatoms. The van der Waals surface area contributed by atoms with Gasteiger partial charge in [-0.2, -0.15) is 0 Å². The third kappa shape index (κ3) is 9.86. The number of nitrogens with one attached hydrogen (secondary N) is 3. The summed E-state index contributed by atoms with van der Waals surface area (Å²) in [5.74, 6) is -3.31. The summed E-state index contributed by atoms with van der Waals surface area (Å²) in [5.41, 5.74) is 7.97. The van der Waals surface area contributed by atoms with Crippen molar-refractivity contribution in [3.05, 3.63) is 89.5 Å². The van der Waals surface area contributed by atoms with E-state index >= 15 is 0 Å². The summed E-state index contributed by atoms with van der Waals surface area (Å²) < 4.78 is 0. The molecule has 0 aliphatic rings. The Morgan fingerprint density at radius 1 is 0.585 bits per heavy atom. The van der Waals surface area contributed by atoms with Gasteiger partial charge in [-0.1, -0.05) is 36.4 Å². The fraction of sp³-hybridized carbons (Fsp3) is 0.241. The van der Waals surface area contributed by atoms with Crippen molar-refractivity contribution in [3.8, 4) is 17.2 Å². The molecule has 0 radical (unpaired) electrons. The molecule has 0 aliphatic carbocycles. The average Bonchev–Trinajstić information content (AvgIpc) is 2.94. The number of rotatable bonds is 13. The lowest BCUT2D eigenvalue weighted by Gasteiger charge is -2.24. The second-order valence-electron chi connectivity index (χ2n) is 9.45. The summed E-state index contributed by atoms with van der Waals surface area (Å²) >= 11 is 0. The minimum Gasteiger partial charge on any atom is -0.508 e. The Kier molecular flexibility index (Phi) is 10.6. The Hall–Kier alpha value is -5.10. The number of carbonyl (C=O) groups is 4. The minimum atomic E-state index is -1.27. The topological polar surface area (TPSA) is 211 Å². The van der Waals surface area contributed by atoms with Gasteiger partial charge in [0.05, 0.1) is 6.04 Å². The number of hydrogen-bond donors (Lipinski definition) is 8. The van der Waals surface area contributed by atoms with E-state index in [4.69, 9.17) is 10.8 Å². The molecule has 0 spiro atoms. The first-order chi connectivity index (χ1) is 19.5. The van der Waals surface area contributed by atoms with Crippen molar-refractivity contribution in [2.45, 2.75) is 37.4 Å². The molecule has 3 aromatic rings. The lowest BCUT2D eigenvalue weighted by atomic mass is 10.0. The predicted octanol–water partition coefficient (Wildman–Crippen LogP) is 0.329. The largest absolute Gasteiger partial charge is 0.508 e. The number of aromatic hydroxyl groups is 3. The van der Waals surface area contributed by atoms with Crippen molar-refractivity contribution in [1.29, 1.82) is 0 Å². The van der Waals surface area contributed by atoms with Gasteiger partial charge in [0.2, 0.25) is 17.7 Å². The second kappa shape index (κ2) is 14.3. The first-order valence-corrected chi connectivity index (χ1v) is 12.7. The third-order valence-electron chi connectivity index (χ3n) is 6.16. The van der Waals surface area contributed by atoms with E-state index in [-0.39, 0.29) is 36.5 Å². The van der Waals surface area contributed by atoms with E-state index < -0.39 is 48.4 Å². The highest BCUT2D eigenvalue weighted by atomic mass is 16.4. The molecule has 0 aliphatic heterocycles. The molecule has 3 atom stereocenters. The van der Waals surface area contributed by atoms with E-state index in [0.29, 0.717) is 16.7 Å². The molecular formula is C29H32N4O8. The molecule has 3 unspecified atom stereocenters. The van der Waals surface area contributed by atoms with Gasteiger partial charge in [-0.15, -0.1) is 0 Å². The summed E-state index contributed by atoms with van der Waals surface area (Å²) in [7, 11) is 0. The van der Waals surface area contributed by atoms with Gasteiger partial charge in [0, 0.05) is 12.8 Å². The van der Waals surface area contributed by atoms with Crippen LogP contribution in [-0.4, -0.2) is 68.8 Å². The maximum atomic E-state index is 13.5. The molecule has 0 saturated carbocycles. The molecule has 0 saturated heterocycles. The first kappa shape index (κ1) is 30.4. The molecule has 9 N–H and O–H groups in total. The third-order valence-corrected chi connectivity index (χ3v) is 6.16. The standard InChI is InChI=1S/C29H32N4O8/c30-23(13-17-1-7-20(34)8-2-17)27(39)32-25(15-19-5-11-22(36)12-6-19)29(41)33-24(28(40)31-16-26(37)38)14-18-3-9-21(35)10-4-18/h1-12,23-25,34-36H,13-16,30H2,(H,31,40)(H,32,39)(H,33,41)(H,37,38). The average molecular weight is 565 g/mol. The Bertz CT molecular complexity index is 1340. The van der Waals surface area contributed by atoms with E-state index in [2.05, 4.69) is 16.0 Å². The van der Waals surface area contributed by atoms with E-state index in [0.717, 1.165) is 0 Å². The predicted molar refractivity (Wildman–Crippen MR) is 148 cm³/mol. The Balaban J connectivity index is 1.80. The Labute approximate surface area is 235 Å². The normalized spacial score (nSPS) is 12.9. The van der Waals surface area contributed by atoms with Crippen LogP contribution in [-0.2, 0) is 38.4 Å². The molecule has 0 aromatic heterocycles. The van der Waals surface area contributed by atoms with Gasteiger partial charge in [0.25, 0.3) is 0 Å². The number of benzene rings is 3. The van der Waals surface area contributed by atoms with Crippen LogP contribution in [0.5, 0.6) is 17.2 Å². The number of carboxylic acid groups (broad SMARTS) is 1. The number of amides is 3. The quantitative estimate of drug-likeness (QED) is 0.143. The fourth-order valence-electron chi connectivity index (χ4n) is 3.97. The lowest BCUT2D eigenvalue weighted by Crippen LogP contribution is -2.57. The van der Waals surface area contributed by atoms with Crippen molar-refractivity contribution in [3.63, 3.8) is 0 Å². The number of carboxylic acids is 1. The van der Waals surface area contributed by atoms with E-state index in [1.165, 1.54) is 36.4 Å². The van der Waals surface area contributed by atoms with Gasteiger partial charge in [0.15, 0.2) is 0 Å². The van der Waals surface area contributed by atoms with Crippen molar-refractivity contribution in [2.24, 2.45) is 5.73 Å². The van der Waals surface area contributed by atoms with Crippen molar-refractivity contribution < 1.29 is 39.6 Å². The number of hydrogen-bond acceptors (Lipinski definition) is 8. The van der Waals surface area contributed by atoms with Gasteiger partial charge in [-0.25, -0.2) is 0 Å². The summed E-state index contributed by atoms with van der Waals surface area (Å²) in [5, 5.41) is 45.1. The summed E-state index contributed by atoms with van der Waals surface area (Å²) in [4.78, 5) is 50.3. The van der Waals surface area contributed by atoms with Gasteiger partial charge in [-0.05, 0) is 59.5 Å². The van der Waals surface area contributed by atoms with Crippen LogP contribution in [0.15, 0.2) is 72.8 Å². The van der Waals surface area contributed by atoms with Crippen LogP contribution in [0.4, 0.5) is 0 Å². The van der Waals surface area contributed by atoms with Crippen LogP contribution in [0.3, 0.4) is 0 Å². The molecule has 12 nitrogen and oxygen atoms in total. The fourth-order valence-corrected chi connectivity index (χ4v) is 3.97. The lowest BCUT2D eigenvalue weighted by molar-refractivity contribution is -0.138. The van der Waals surface area contributed by atoms with Crippen LogP contribution in [0.1, 0.15) is 16.7 Å². The van der Waals surface area contributed by atoms with Crippen LogP contribution in [0, 0.1) is 0 Å². The minimum absolute atomic E-state index is 0.00461. The number of carbonyl (C=O) groups excluding carboxylic acids is 3. The van der Waals surface area contributed by atoms with Crippen molar-refractivity contribution in [2.75, 3.05) is 6.54 Å². The maximum Gasteiger partial charge on any atom is 0.322 e. The summed E-state index contributed by atoms with van der Waals surface area (Å²) in [6.07, 6.45) is 0.0882. The van der Waals surface area contributed by atoms with Crippen LogP contribution in [0.25, 0.3) is 0 Å². The van der Waals surface area contributed by atoms with Crippen molar-refractivity contribution >= 4 is 23.7 Å². The van der Waals surface area contributed by atoms with Gasteiger partial charge < -0.3 is 42.1 Å². The van der Waals surface area contributed by atoms with Gasteiger partial charge in [0.1, 0.15) is 35.9 Å². The molecule has 3 aromatic carbocycles. The molecule has 0 bridgehead atoms. The molecule has 41 heavy (non-hydrogen) atoms. The Morgan fingerprint density at radius 2 is 0.951 bits per heavy atom. The molecule has 3 amide bonds. The monoisotopic (exact) mass is 564 g/mol. The van der Waals surface area contributed by atoms with Crippen LogP contribution >= 0.6 is 0 Å². The highest BCUT2D eigenvalue weighted by Crippen LogP contribution is 2.15. The van der Waals surface area contributed by atoms with Gasteiger partial charge >= 0.3 is 5.97 Å². The maximum absolute atomic E-state index is 13.5. The summed E-state index contributed by atoms with van der Waals surface area (Å²) in [6.45, 7) is -0.666. The number of aliphatic carboxylic acids is 1. The second-order valence-corrected chi connectivity index (χ2v) is 9.45. The molecule has 3 rings (SSSR count). The van der Waals surface area contributed by atoms with Crippen LogP contribution < -0.4 is 21.7 Å². The molecule has 0 fully saturated rings. The zero-order valence-electron chi connectivity index (χ0n) is 22.0. The smallest absolute Gasteiger partial charge is 0.322 e. The summed E-state index contributed by atoms with van der Waals surface area (Å²) in [6, 6.07) is 14.6. The highest BCUT2D eigenvalue weighted by Gasteiger charge is 2.29.